The molecule has 0 saturated carbocycles. The van der Waals surface area contributed by atoms with Gasteiger partial charge >= 0.3 is 0 Å². The van der Waals surface area contributed by atoms with E-state index in [1.807, 2.05) is 42.5 Å². The molecule has 0 atom stereocenters. The van der Waals surface area contributed by atoms with E-state index in [9.17, 15) is 8.78 Å². The van der Waals surface area contributed by atoms with Crippen LogP contribution in [0.5, 0.6) is 5.75 Å². The van der Waals surface area contributed by atoms with Crippen LogP contribution in [0.2, 0.25) is 5.02 Å². The molecule has 0 saturated heterocycles. The minimum atomic E-state index is -0.693. The second kappa shape index (κ2) is 9.28. The maximum Gasteiger partial charge on any atom is 0.196 e. The van der Waals surface area contributed by atoms with Gasteiger partial charge in [-0.15, -0.1) is 10.2 Å². The van der Waals surface area contributed by atoms with E-state index in [4.69, 9.17) is 16.3 Å². The van der Waals surface area contributed by atoms with Crippen LogP contribution in [0.25, 0.3) is 17.1 Å². The lowest BCUT2D eigenvalue weighted by atomic mass is 10.2. The molecule has 0 fully saturated rings. The lowest BCUT2D eigenvalue weighted by Crippen LogP contribution is -2.05. The van der Waals surface area contributed by atoms with Crippen molar-refractivity contribution in [3.63, 3.8) is 0 Å². The van der Waals surface area contributed by atoms with E-state index in [1.165, 1.54) is 23.9 Å². The van der Waals surface area contributed by atoms with Gasteiger partial charge in [-0.1, -0.05) is 65.8 Å². The van der Waals surface area contributed by atoms with Crippen molar-refractivity contribution in [3.05, 3.63) is 89.5 Å². The first-order valence-corrected chi connectivity index (χ1v) is 10.5. The lowest BCUT2D eigenvalue weighted by Gasteiger charge is -2.12. The first kappa shape index (κ1) is 20.4. The predicted octanol–water partition coefficient (Wildman–Crippen LogP) is 6.04. The van der Waals surface area contributed by atoms with Crippen LogP contribution in [0, 0.1) is 11.6 Å². The molecule has 1 aromatic heterocycles. The zero-order valence-electron chi connectivity index (χ0n) is 15.6. The van der Waals surface area contributed by atoms with Crippen LogP contribution in [0.4, 0.5) is 8.78 Å². The molecule has 0 radical (unpaired) electrons. The second-order valence-electron chi connectivity index (χ2n) is 6.23. The fourth-order valence-corrected chi connectivity index (χ4v) is 3.82. The highest BCUT2D eigenvalue weighted by atomic mass is 35.5. The molecule has 0 aliphatic rings. The molecule has 1 heterocycles. The number of benzene rings is 3. The minimum absolute atomic E-state index is 0.176. The summed E-state index contributed by atoms with van der Waals surface area (Å²) in [4.78, 5) is 0. The van der Waals surface area contributed by atoms with Gasteiger partial charge < -0.3 is 4.74 Å². The molecular weight excluding hydrogens is 428 g/mol. The molecule has 8 heteroatoms. The minimum Gasteiger partial charge on any atom is -0.491 e. The van der Waals surface area contributed by atoms with Gasteiger partial charge in [0.25, 0.3) is 0 Å². The first-order chi connectivity index (χ1) is 14.6. The highest BCUT2D eigenvalue weighted by molar-refractivity contribution is 7.99. The van der Waals surface area contributed by atoms with Crippen molar-refractivity contribution in [3.8, 4) is 22.8 Å². The maximum absolute atomic E-state index is 14.6. The third kappa shape index (κ3) is 4.47. The molecule has 0 amide bonds. The Balaban J connectivity index is 1.60. The maximum atomic E-state index is 14.6. The summed E-state index contributed by atoms with van der Waals surface area (Å²) in [7, 11) is 0. The Morgan fingerprint density at radius 2 is 1.70 bits per heavy atom. The molecule has 4 rings (SSSR count). The number of rotatable bonds is 7. The fraction of sp³-hybridized carbons (Fsp3) is 0.0909. The van der Waals surface area contributed by atoms with Crippen molar-refractivity contribution >= 4 is 23.4 Å². The summed E-state index contributed by atoms with van der Waals surface area (Å²) in [5, 5.41) is 9.48. The number of aromatic nitrogens is 3. The predicted molar refractivity (Wildman–Crippen MR) is 114 cm³/mol. The lowest BCUT2D eigenvalue weighted by molar-refractivity contribution is 0.344. The van der Waals surface area contributed by atoms with Gasteiger partial charge in [0, 0.05) is 17.4 Å². The number of nitrogens with zero attached hydrogens (tertiary/aromatic N) is 3. The van der Waals surface area contributed by atoms with E-state index in [0.29, 0.717) is 34.1 Å². The molecule has 0 N–H and O–H groups in total. The Morgan fingerprint density at radius 1 is 0.933 bits per heavy atom. The Hall–Kier alpha value is -2.90. The van der Waals surface area contributed by atoms with Crippen LogP contribution in [0.15, 0.2) is 78.0 Å². The van der Waals surface area contributed by atoms with Crippen LogP contribution in [0.1, 0.15) is 0 Å². The normalized spacial score (nSPS) is 10.9. The van der Waals surface area contributed by atoms with E-state index in [-0.39, 0.29) is 5.69 Å². The van der Waals surface area contributed by atoms with Gasteiger partial charge in [0.1, 0.15) is 17.4 Å². The third-order valence-electron chi connectivity index (χ3n) is 4.22. The zero-order valence-corrected chi connectivity index (χ0v) is 17.2. The average Bonchev–Trinajstić information content (AvgIpc) is 3.16. The quantitative estimate of drug-likeness (QED) is 0.258. The summed E-state index contributed by atoms with van der Waals surface area (Å²) in [6, 6.07) is 20.0. The topological polar surface area (TPSA) is 39.9 Å². The van der Waals surface area contributed by atoms with Gasteiger partial charge in [-0.3, -0.25) is 4.57 Å². The average molecular weight is 444 g/mol. The number of thioether (sulfide) groups is 1. The molecule has 0 aliphatic heterocycles. The molecule has 0 spiro atoms. The van der Waals surface area contributed by atoms with E-state index >= 15 is 0 Å². The monoisotopic (exact) mass is 443 g/mol. The Labute approximate surface area is 181 Å². The number of ether oxygens (including phenoxy) is 1. The van der Waals surface area contributed by atoms with Crippen molar-refractivity contribution in [2.75, 3.05) is 12.4 Å². The van der Waals surface area contributed by atoms with Gasteiger partial charge in [-0.2, -0.15) is 0 Å². The summed E-state index contributed by atoms with van der Waals surface area (Å²) >= 11 is 7.45. The van der Waals surface area contributed by atoms with E-state index in [1.54, 1.807) is 16.7 Å². The van der Waals surface area contributed by atoms with Crippen LogP contribution in [0.3, 0.4) is 0 Å². The van der Waals surface area contributed by atoms with Crippen molar-refractivity contribution in [1.29, 1.82) is 0 Å². The molecule has 0 aliphatic carbocycles. The highest BCUT2D eigenvalue weighted by Gasteiger charge is 2.19. The number of halogens is 3. The summed E-state index contributed by atoms with van der Waals surface area (Å²) in [6.07, 6.45) is 0. The van der Waals surface area contributed by atoms with Gasteiger partial charge in [-0.05, 0) is 24.3 Å². The van der Waals surface area contributed by atoms with Crippen LogP contribution in [-0.2, 0) is 0 Å². The Kier molecular flexibility index (Phi) is 6.30. The summed E-state index contributed by atoms with van der Waals surface area (Å²) < 4.78 is 35.3. The standard InChI is InChI=1S/C22H16ClF2N3OS/c23-17-8-4-5-9-20(17)29-12-13-30-22-27-26-21(15-6-2-1-3-7-15)28(22)19-11-10-16(24)14-18(19)25/h1-11,14H,12-13H2. The molecule has 0 bridgehead atoms. The smallest absolute Gasteiger partial charge is 0.196 e. The molecular formula is C22H16ClF2N3OS. The largest absolute Gasteiger partial charge is 0.491 e. The summed E-state index contributed by atoms with van der Waals surface area (Å²) in [6.45, 7) is 0.369. The van der Waals surface area contributed by atoms with Crippen molar-refractivity contribution in [2.24, 2.45) is 0 Å². The number of hydrogen-bond donors (Lipinski definition) is 0. The highest BCUT2D eigenvalue weighted by Crippen LogP contribution is 2.30. The SMILES string of the molecule is Fc1ccc(-n2c(SCCOc3ccccc3Cl)nnc2-c2ccccc2)c(F)c1. The van der Waals surface area contributed by atoms with Crippen molar-refractivity contribution in [1.82, 2.24) is 14.8 Å². The molecule has 3 aromatic carbocycles. The molecule has 0 unspecified atom stereocenters. The molecule has 4 nitrogen and oxygen atoms in total. The van der Waals surface area contributed by atoms with Gasteiger partial charge in [-0.25, -0.2) is 8.78 Å². The van der Waals surface area contributed by atoms with Crippen LogP contribution in [-0.4, -0.2) is 27.1 Å². The van der Waals surface area contributed by atoms with Gasteiger partial charge in [0.05, 0.1) is 17.3 Å². The van der Waals surface area contributed by atoms with Crippen molar-refractivity contribution in [2.45, 2.75) is 5.16 Å². The van der Waals surface area contributed by atoms with E-state index < -0.39 is 11.6 Å². The second-order valence-corrected chi connectivity index (χ2v) is 7.70. The van der Waals surface area contributed by atoms with Crippen LogP contribution < -0.4 is 4.74 Å². The summed E-state index contributed by atoms with van der Waals surface area (Å²) in [5.41, 5.74) is 0.947. The number of para-hydroxylation sites is 1. The fourth-order valence-electron chi connectivity index (χ4n) is 2.86. The zero-order chi connectivity index (χ0) is 20.9. The molecule has 4 aromatic rings. The van der Waals surface area contributed by atoms with Gasteiger partial charge in [0.2, 0.25) is 0 Å². The van der Waals surface area contributed by atoms with Crippen molar-refractivity contribution < 1.29 is 13.5 Å². The molecule has 152 valence electrons. The van der Waals surface area contributed by atoms with Crippen LogP contribution >= 0.6 is 23.4 Å². The Morgan fingerprint density at radius 3 is 2.47 bits per heavy atom. The third-order valence-corrected chi connectivity index (χ3v) is 5.43. The van der Waals surface area contributed by atoms with E-state index in [2.05, 4.69) is 10.2 Å². The first-order valence-electron chi connectivity index (χ1n) is 9.10. The Bertz CT molecular complexity index is 1150. The number of hydrogen-bond acceptors (Lipinski definition) is 4. The van der Waals surface area contributed by atoms with E-state index in [0.717, 1.165) is 11.6 Å². The summed E-state index contributed by atoms with van der Waals surface area (Å²) in [5.74, 6) is 0.251. The molecule has 30 heavy (non-hydrogen) atoms. The van der Waals surface area contributed by atoms with Gasteiger partial charge in [0.15, 0.2) is 11.0 Å².